The fraction of sp³-hybridized carbons (Fsp3) is 0.185. The van der Waals surface area contributed by atoms with Crippen LogP contribution in [0.5, 0.6) is 23.0 Å². The first-order valence-electron chi connectivity index (χ1n) is 11.5. The van der Waals surface area contributed by atoms with Gasteiger partial charge in [-0.2, -0.15) is 0 Å². The summed E-state index contributed by atoms with van der Waals surface area (Å²) in [7, 11) is 5.97. The summed E-state index contributed by atoms with van der Waals surface area (Å²) in [5, 5.41) is 11.4. The van der Waals surface area contributed by atoms with E-state index in [1.54, 1.807) is 42.6 Å². The molecule has 0 spiro atoms. The molecule has 1 saturated heterocycles. The van der Waals surface area contributed by atoms with Gasteiger partial charge in [0.25, 0.3) is 5.78 Å². The number of ether oxygens (including phenoxy) is 4. The Morgan fingerprint density at radius 1 is 0.921 bits per heavy atom. The molecule has 4 aromatic rings. The molecule has 1 fully saturated rings. The zero-order valence-electron chi connectivity index (χ0n) is 21.0. The second-order valence-electron chi connectivity index (χ2n) is 8.31. The molecule has 38 heavy (non-hydrogen) atoms. The van der Waals surface area contributed by atoms with Crippen LogP contribution < -0.4 is 23.8 Å². The van der Waals surface area contributed by atoms with Crippen molar-refractivity contribution in [2.75, 3.05) is 33.3 Å². The van der Waals surface area contributed by atoms with Gasteiger partial charge in [0, 0.05) is 30.1 Å². The number of methoxy groups -OCH3 is 4. The number of fused-ring (bicyclic) bond motifs is 1. The molecule has 2 aromatic carbocycles. The normalized spacial score (nSPS) is 16.6. The Morgan fingerprint density at radius 3 is 2.26 bits per heavy atom. The third-order valence-corrected chi connectivity index (χ3v) is 6.30. The molecule has 2 aromatic heterocycles. The van der Waals surface area contributed by atoms with E-state index >= 15 is 0 Å². The van der Waals surface area contributed by atoms with Gasteiger partial charge in [-0.1, -0.05) is 6.07 Å². The Balaban J connectivity index is 1.70. The van der Waals surface area contributed by atoms with Gasteiger partial charge in [-0.25, -0.2) is 4.98 Å². The van der Waals surface area contributed by atoms with Gasteiger partial charge in [0.05, 0.1) is 51.1 Å². The number of nitrogens with zero attached hydrogens (tertiary/aromatic N) is 3. The van der Waals surface area contributed by atoms with E-state index in [4.69, 9.17) is 18.9 Å². The van der Waals surface area contributed by atoms with Crippen LogP contribution in [0.1, 0.15) is 17.2 Å². The molecule has 0 bridgehead atoms. The molecule has 0 radical (unpaired) electrons. The standard InChI is InChI=1S/C27H24N4O7/c1-35-18-8-7-14(10-19(18)36-2)24(32)22-23(15-6-5-9-28-13-15)31(26(34)25(22)33)27-29-16-11-20(37-3)21(38-4)12-17(16)30-27/h5-13,23,32H,1-4H3,(H,29,30)/b24-22+. The van der Waals surface area contributed by atoms with E-state index in [9.17, 15) is 14.7 Å². The highest BCUT2D eigenvalue weighted by atomic mass is 16.5. The first-order chi connectivity index (χ1) is 18.4. The maximum absolute atomic E-state index is 13.4. The summed E-state index contributed by atoms with van der Waals surface area (Å²) < 4.78 is 21.3. The quantitative estimate of drug-likeness (QED) is 0.214. The smallest absolute Gasteiger partial charge is 0.302 e. The van der Waals surface area contributed by atoms with E-state index in [0.29, 0.717) is 39.6 Å². The van der Waals surface area contributed by atoms with Gasteiger partial charge in [0.1, 0.15) is 5.76 Å². The van der Waals surface area contributed by atoms with Gasteiger partial charge < -0.3 is 29.0 Å². The number of benzene rings is 2. The molecule has 1 aliphatic heterocycles. The van der Waals surface area contributed by atoms with Crippen molar-refractivity contribution in [2.24, 2.45) is 0 Å². The number of aromatic amines is 1. The summed E-state index contributed by atoms with van der Waals surface area (Å²) in [6, 6.07) is 10.4. The van der Waals surface area contributed by atoms with Crippen LogP contribution in [0.2, 0.25) is 0 Å². The third kappa shape index (κ3) is 3.94. The maximum atomic E-state index is 13.4. The molecular formula is C27H24N4O7. The Labute approximate surface area is 217 Å². The van der Waals surface area contributed by atoms with E-state index in [0.717, 1.165) is 0 Å². The highest BCUT2D eigenvalue weighted by Gasteiger charge is 2.48. The summed E-state index contributed by atoms with van der Waals surface area (Å²) >= 11 is 0. The minimum atomic E-state index is -1.01. The topological polar surface area (TPSA) is 136 Å². The predicted octanol–water partition coefficient (Wildman–Crippen LogP) is 3.62. The van der Waals surface area contributed by atoms with Crippen LogP contribution in [0.25, 0.3) is 16.8 Å². The number of carbonyl (C=O) groups excluding carboxylic acids is 2. The van der Waals surface area contributed by atoms with Gasteiger partial charge >= 0.3 is 5.91 Å². The molecule has 1 amide bonds. The first-order valence-corrected chi connectivity index (χ1v) is 11.5. The highest BCUT2D eigenvalue weighted by Crippen LogP contribution is 2.43. The van der Waals surface area contributed by atoms with Crippen LogP contribution in [0.15, 0.2) is 60.4 Å². The Hall–Kier alpha value is -5.06. The van der Waals surface area contributed by atoms with Crippen molar-refractivity contribution < 1.29 is 33.6 Å². The minimum absolute atomic E-state index is 0.109. The average molecular weight is 517 g/mol. The Morgan fingerprint density at radius 2 is 1.61 bits per heavy atom. The van der Waals surface area contributed by atoms with E-state index in [1.807, 2.05) is 0 Å². The number of Topliss-reactive ketones (excluding diaryl/α,β-unsaturated/α-hetero) is 1. The van der Waals surface area contributed by atoms with Crippen LogP contribution in [-0.4, -0.2) is 60.2 Å². The molecule has 11 heteroatoms. The molecule has 0 aliphatic carbocycles. The van der Waals surface area contributed by atoms with Crippen molar-refractivity contribution in [3.05, 3.63) is 71.6 Å². The van der Waals surface area contributed by atoms with Gasteiger partial charge in [-0.15, -0.1) is 0 Å². The lowest BCUT2D eigenvalue weighted by Gasteiger charge is -2.22. The zero-order chi connectivity index (χ0) is 27.0. The van der Waals surface area contributed by atoms with Gasteiger partial charge in [-0.3, -0.25) is 19.5 Å². The zero-order valence-corrected chi connectivity index (χ0v) is 21.0. The Bertz CT molecular complexity index is 1540. The summed E-state index contributed by atoms with van der Waals surface area (Å²) in [6.45, 7) is 0. The number of ketones is 1. The minimum Gasteiger partial charge on any atom is -0.507 e. The number of amides is 1. The van der Waals surface area contributed by atoms with E-state index in [2.05, 4.69) is 15.0 Å². The molecule has 3 heterocycles. The Kier molecular flexibility index (Phi) is 6.33. The number of aliphatic hydroxyl groups is 1. The van der Waals surface area contributed by atoms with Crippen LogP contribution in [-0.2, 0) is 9.59 Å². The predicted molar refractivity (Wildman–Crippen MR) is 138 cm³/mol. The number of imidazole rings is 1. The fourth-order valence-electron chi connectivity index (χ4n) is 4.48. The third-order valence-electron chi connectivity index (χ3n) is 6.30. The number of carbonyl (C=O) groups is 2. The van der Waals surface area contributed by atoms with Crippen molar-refractivity contribution in [1.82, 2.24) is 15.0 Å². The van der Waals surface area contributed by atoms with Crippen LogP contribution >= 0.6 is 0 Å². The van der Waals surface area contributed by atoms with Crippen molar-refractivity contribution in [3.8, 4) is 23.0 Å². The summed E-state index contributed by atoms with van der Waals surface area (Å²) in [5.41, 5.74) is 1.71. The second-order valence-corrected chi connectivity index (χ2v) is 8.31. The summed E-state index contributed by atoms with van der Waals surface area (Å²) in [4.78, 5) is 39.9. The number of aliphatic hydroxyl groups excluding tert-OH is 1. The van der Waals surface area contributed by atoms with Gasteiger partial charge in [0.15, 0.2) is 23.0 Å². The lowest BCUT2D eigenvalue weighted by atomic mass is 9.96. The fourth-order valence-corrected chi connectivity index (χ4v) is 4.48. The highest BCUT2D eigenvalue weighted by molar-refractivity contribution is 6.51. The van der Waals surface area contributed by atoms with E-state index in [1.165, 1.54) is 45.6 Å². The van der Waals surface area contributed by atoms with Crippen LogP contribution in [0.4, 0.5) is 5.95 Å². The number of hydrogen-bond donors (Lipinski definition) is 2. The first kappa shape index (κ1) is 24.6. The van der Waals surface area contributed by atoms with Crippen LogP contribution in [0, 0.1) is 0 Å². The van der Waals surface area contributed by atoms with Crippen molar-refractivity contribution in [1.29, 1.82) is 0 Å². The van der Waals surface area contributed by atoms with Gasteiger partial charge in [-0.05, 0) is 29.8 Å². The number of aromatic nitrogens is 3. The lowest BCUT2D eigenvalue weighted by molar-refractivity contribution is -0.132. The van der Waals surface area contributed by atoms with E-state index < -0.39 is 17.7 Å². The molecule has 5 rings (SSSR count). The number of H-pyrrole nitrogens is 1. The molecule has 1 atom stereocenters. The molecule has 1 unspecified atom stereocenters. The number of nitrogens with one attached hydrogen (secondary N) is 1. The number of rotatable bonds is 7. The number of pyridine rings is 1. The molecule has 194 valence electrons. The second kappa shape index (κ2) is 9.77. The van der Waals surface area contributed by atoms with Crippen molar-refractivity contribution in [3.63, 3.8) is 0 Å². The molecule has 1 aliphatic rings. The summed E-state index contributed by atoms with van der Waals surface area (Å²) in [6.07, 6.45) is 3.10. The molecular weight excluding hydrogens is 492 g/mol. The maximum Gasteiger partial charge on any atom is 0.302 e. The number of anilines is 1. The van der Waals surface area contributed by atoms with Gasteiger partial charge in [0.2, 0.25) is 5.95 Å². The van der Waals surface area contributed by atoms with Crippen molar-refractivity contribution >= 4 is 34.4 Å². The van der Waals surface area contributed by atoms with Crippen LogP contribution in [0.3, 0.4) is 0 Å². The summed E-state index contributed by atoms with van der Waals surface area (Å²) in [5.74, 6) is -0.282. The monoisotopic (exact) mass is 516 g/mol. The largest absolute Gasteiger partial charge is 0.507 e. The molecule has 0 saturated carbocycles. The average Bonchev–Trinajstić information content (AvgIpc) is 3.48. The molecule has 11 nitrogen and oxygen atoms in total. The lowest BCUT2D eigenvalue weighted by Crippen LogP contribution is -2.30. The number of hydrogen-bond acceptors (Lipinski definition) is 9. The van der Waals surface area contributed by atoms with E-state index in [-0.39, 0.29) is 22.8 Å². The SMILES string of the molecule is COc1ccc(/C(O)=C2\C(=O)C(=O)N(c3nc4cc(OC)c(OC)cc4[nH]3)C2c2cccnc2)cc1OC. The van der Waals surface area contributed by atoms with Crippen molar-refractivity contribution in [2.45, 2.75) is 6.04 Å². The molecule has 2 N–H and O–H groups in total.